The smallest absolute Gasteiger partial charge is 0.341 e. The molecule has 0 fully saturated rings. The van der Waals surface area contributed by atoms with Crippen LogP contribution < -0.4 is 10.6 Å². The van der Waals surface area contributed by atoms with Gasteiger partial charge >= 0.3 is 11.9 Å². The monoisotopic (exact) mass is 732 g/mol. The molecule has 1 aromatic heterocycles. The molecule has 0 spiro atoms. The lowest BCUT2D eigenvalue weighted by Crippen LogP contribution is -2.55. The molecule has 2 unspecified atom stereocenters. The van der Waals surface area contributed by atoms with Gasteiger partial charge in [-0.05, 0) is 29.0 Å². The fraction of sp³-hybridized carbons (Fsp3) is 0.270. The van der Waals surface area contributed by atoms with Gasteiger partial charge in [0.05, 0.1) is 39.3 Å². The van der Waals surface area contributed by atoms with Gasteiger partial charge in [0.25, 0.3) is 11.8 Å². The highest BCUT2D eigenvalue weighted by Gasteiger charge is 2.49. The first-order chi connectivity index (χ1) is 24.4. The highest BCUT2D eigenvalue weighted by atomic mass is 35.5. The van der Waals surface area contributed by atoms with Crippen LogP contribution in [0.4, 0.5) is 0 Å². The van der Waals surface area contributed by atoms with Gasteiger partial charge in [-0.15, -0.1) is 0 Å². The number of oxime groups is 1. The van der Waals surface area contributed by atoms with Crippen molar-refractivity contribution in [3.8, 4) is 0 Å². The van der Waals surface area contributed by atoms with Crippen LogP contribution in [0.3, 0.4) is 0 Å². The van der Waals surface area contributed by atoms with Gasteiger partial charge in [-0.3, -0.25) is 24.2 Å². The summed E-state index contributed by atoms with van der Waals surface area (Å²) in [6.45, 7) is 2.88. The van der Waals surface area contributed by atoms with E-state index in [-0.39, 0.29) is 34.4 Å². The number of rotatable bonds is 14. The molecular weight excluding hydrogens is 699 g/mol. The number of Topliss-reactive ketones (excluding diaryl/α,β-unsaturated/α-hetero) is 1. The Kier molecular flexibility index (Phi) is 11.7. The number of halogens is 2. The summed E-state index contributed by atoms with van der Waals surface area (Å²) in [5.74, 6) is -4.70. The maximum absolute atomic E-state index is 14.2. The Balaban J connectivity index is 1.36. The van der Waals surface area contributed by atoms with E-state index < -0.39 is 60.2 Å². The summed E-state index contributed by atoms with van der Waals surface area (Å²) in [4.78, 5) is 75.6. The van der Waals surface area contributed by atoms with Crippen LogP contribution in [-0.2, 0) is 30.4 Å². The lowest BCUT2D eigenvalue weighted by molar-refractivity contribution is -0.148. The molecule has 0 aliphatic carbocycles. The van der Waals surface area contributed by atoms with E-state index in [9.17, 15) is 29.1 Å². The number of carboxylic acids is 1. The molecule has 3 atom stereocenters. The van der Waals surface area contributed by atoms with Crippen LogP contribution in [0.15, 0.2) is 90.3 Å². The van der Waals surface area contributed by atoms with Gasteiger partial charge in [-0.1, -0.05) is 103 Å². The Bertz CT molecular complexity index is 1980. The lowest BCUT2D eigenvalue weighted by atomic mass is 9.84. The average Bonchev–Trinajstić information content (AvgIpc) is 3.53. The van der Waals surface area contributed by atoms with Gasteiger partial charge in [-0.25, -0.2) is 4.79 Å². The normalized spacial score (nSPS) is 16.5. The third-order valence-corrected chi connectivity index (χ3v) is 8.99. The molecule has 3 N–H and O–H groups in total. The number of benzene rings is 3. The van der Waals surface area contributed by atoms with Crippen LogP contribution in [0.2, 0.25) is 10.0 Å². The molecule has 264 valence electrons. The first-order valence-corrected chi connectivity index (χ1v) is 16.7. The van der Waals surface area contributed by atoms with Crippen molar-refractivity contribution >= 4 is 69.2 Å². The minimum absolute atomic E-state index is 0.00273. The number of nitrogens with one attached hydrogen (secondary N) is 2. The Morgan fingerprint density at radius 1 is 0.922 bits per heavy atom. The second-order valence-electron chi connectivity index (χ2n) is 12.4. The Labute approximate surface area is 303 Å². The van der Waals surface area contributed by atoms with Crippen molar-refractivity contribution < 1.29 is 38.7 Å². The van der Waals surface area contributed by atoms with Crippen LogP contribution in [0.5, 0.6) is 0 Å². The predicted octanol–water partition coefficient (Wildman–Crippen LogP) is 5.44. The number of fused-ring (bicyclic) bond motifs is 1. The molecule has 4 aromatic rings. The van der Waals surface area contributed by atoms with E-state index >= 15 is 0 Å². The fourth-order valence-corrected chi connectivity index (χ4v) is 6.31. The summed E-state index contributed by atoms with van der Waals surface area (Å²) in [5, 5.41) is 20.9. The molecular formula is C37H34Cl2N4O8. The first-order valence-electron chi connectivity index (χ1n) is 16.0. The van der Waals surface area contributed by atoms with Crippen LogP contribution in [-0.4, -0.2) is 69.6 Å². The summed E-state index contributed by atoms with van der Waals surface area (Å²) in [7, 11) is 0. The van der Waals surface area contributed by atoms with Gasteiger partial charge in [0, 0.05) is 30.6 Å². The predicted molar refractivity (Wildman–Crippen MR) is 190 cm³/mol. The highest BCUT2D eigenvalue weighted by molar-refractivity contribution is 6.39. The van der Waals surface area contributed by atoms with Crippen molar-refractivity contribution in [1.29, 1.82) is 0 Å². The Morgan fingerprint density at radius 2 is 1.61 bits per heavy atom. The lowest BCUT2D eigenvalue weighted by Gasteiger charge is -2.29. The van der Waals surface area contributed by atoms with E-state index in [0.717, 1.165) is 5.39 Å². The van der Waals surface area contributed by atoms with Crippen LogP contribution in [0.25, 0.3) is 10.8 Å². The number of esters is 1. The first kappa shape index (κ1) is 36.9. The number of ether oxygens (including phenoxy) is 1. The third kappa shape index (κ3) is 8.70. The van der Waals surface area contributed by atoms with Crippen molar-refractivity contribution in [2.75, 3.05) is 6.61 Å². The summed E-state index contributed by atoms with van der Waals surface area (Å²) in [6, 6.07) is 18.4. The molecule has 14 heteroatoms. The minimum atomic E-state index is -1.73. The Hall–Kier alpha value is -5.33. The highest BCUT2D eigenvalue weighted by Crippen LogP contribution is 2.32. The van der Waals surface area contributed by atoms with Gasteiger partial charge in [0.15, 0.2) is 12.4 Å². The quantitative estimate of drug-likeness (QED) is 0.143. The van der Waals surface area contributed by atoms with E-state index in [1.165, 1.54) is 24.4 Å². The van der Waals surface area contributed by atoms with Crippen molar-refractivity contribution in [3.05, 3.63) is 112 Å². The van der Waals surface area contributed by atoms with Gasteiger partial charge in [0.1, 0.15) is 6.04 Å². The SMILES string of the molecule is CC(C)C(NC(=O)c1cncc2ccccc12)C1=NOC(Cc2ccccc2)(C(=O)N[C@@H](CC(=O)O)C(=O)COC(=O)c2c(Cl)cccc2Cl)C1. The van der Waals surface area contributed by atoms with Crippen LogP contribution >= 0.6 is 23.2 Å². The number of amides is 2. The zero-order valence-corrected chi connectivity index (χ0v) is 29.1. The molecule has 0 bridgehead atoms. The summed E-state index contributed by atoms with van der Waals surface area (Å²) >= 11 is 12.1. The summed E-state index contributed by atoms with van der Waals surface area (Å²) in [5.41, 5.74) is -0.470. The zero-order valence-electron chi connectivity index (χ0n) is 27.6. The molecule has 1 aliphatic rings. The molecule has 0 saturated heterocycles. The maximum atomic E-state index is 14.2. The topological polar surface area (TPSA) is 173 Å². The van der Waals surface area contributed by atoms with Crippen molar-refractivity contribution in [3.63, 3.8) is 0 Å². The maximum Gasteiger partial charge on any atom is 0.341 e. The molecule has 5 rings (SSSR count). The average molecular weight is 734 g/mol. The number of aliphatic carboxylic acids is 1. The minimum Gasteiger partial charge on any atom is -0.481 e. The summed E-state index contributed by atoms with van der Waals surface area (Å²) < 4.78 is 5.12. The largest absolute Gasteiger partial charge is 0.481 e. The zero-order chi connectivity index (χ0) is 36.7. The molecule has 12 nitrogen and oxygen atoms in total. The second kappa shape index (κ2) is 16.1. The van der Waals surface area contributed by atoms with Crippen molar-refractivity contribution in [2.24, 2.45) is 11.1 Å². The third-order valence-electron chi connectivity index (χ3n) is 8.36. The molecule has 0 radical (unpaired) electrons. The number of carboxylic acid groups (broad SMARTS) is 1. The summed E-state index contributed by atoms with van der Waals surface area (Å²) in [6.07, 6.45) is 2.23. The standard InChI is InChI=1S/C37H34Cl2N4O8/c1-21(2)33(42-34(47)25-19-40-18-23-11-6-7-12-24(23)25)29-17-37(51-43-29,16-22-9-4-3-5-10-22)36(49)41-28(15-31(45)46)30(44)20-50-35(48)32-26(38)13-8-14-27(32)39/h3-14,18-19,21,28,33H,15-17,20H2,1-2H3,(H,41,49)(H,42,47)(H,45,46)/t28-,33?,37?/m0/s1. The number of carbonyl (C=O) groups excluding carboxylic acids is 4. The number of carbonyl (C=O) groups is 5. The molecule has 1 aliphatic heterocycles. The van der Waals surface area contributed by atoms with E-state index in [0.29, 0.717) is 22.2 Å². The van der Waals surface area contributed by atoms with Crippen LogP contribution in [0, 0.1) is 5.92 Å². The molecule has 2 amide bonds. The Morgan fingerprint density at radius 3 is 2.29 bits per heavy atom. The van der Waals surface area contributed by atoms with E-state index in [4.69, 9.17) is 32.8 Å². The van der Waals surface area contributed by atoms with E-state index in [1.807, 2.05) is 38.1 Å². The van der Waals surface area contributed by atoms with Crippen molar-refractivity contribution in [2.45, 2.75) is 50.8 Å². The number of aromatic nitrogens is 1. The molecule has 51 heavy (non-hydrogen) atoms. The number of hydrogen-bond donors (Lipinski definition) is 3. The molecule has 3 aromatic carbocycles. The van der Waals surface area contributed by atoms with Crippen molar-refractivity contribution in [1.82, 2.24) is 15.6 Å². The second-order valence-corrected chi connectivity index (χ2v) is 13.2. The molecule has 0 saturated carbocycles. The number of nitrogens with zero attached hydrogens (tertiary/aromatic N) is 2. The fourth-order valence-electron chi connectivity index (χ4n) is 5.76. The van der Waals surface area contributed by atoms with E-state index in [1.54, 1.807) is 36.5 Å². The van der Waals surface area contributed by atoms with Gasteiger partial charge in [-0.2, -0.15) is 0 Å². The van der Waals surface area contributed by atoms with E-state index in [2.05, 4.69) is 20.8 Å². The molecule has 2 heterocycles. The van der Waals surface area contributed by atoms with Crippen LogP contribution in [0.1, 0.15) is 53.0 Å². The number of ketones is 1. The van der Waals surface area contributed by atoms with Gasteiger partial charge < -0.3 is 25.3 Å². The number of hydrogen-bond acceptors (Lipinski definition) is 9. The number of pyridine rings is 1. The van der Waals surface area contributed by atoms with Gasteiger partial charge in [0.2, 0.25) is 5.60 Å².